The summed E-state index contributed by atoms with van der Waals surface area (Å²) in [6, 6.07) is 7.93. The number of carbonyl (C=O) groups excluding carboxylic acids is 1. The first-order valence-electron chi connectivity index (χ1n) is 6.92. The van der Waals surface area contributed by atoms with Gasteiger partial charge in [-0.15, -0.1) is 0 Å². The summed E-state index contributed by atoms with van der Waals surface area (Å²) < 4.78 is 5.64. The molecule has 1 fully saturated rings. The van der Waals surface area contributed by atoms with Crippen molar-refractivity contribution in [3.63, 3.8) is 0 Å². The molecule has 0 radical (unpaired) electrons. The molecule has 1 amide bonds. The molecular formula is C16H22N2O2. The first kappa shape index (κ1) is 14.6. The number of ether oxygens (including phenoxy) is 1. The fraction of sp³-hybridized carbons (Fsp3) is 0.438. The molecule has 1 aliphatic heterocycles. The number of carbonyl (C=O) groups is 1. The van der Waals surface area contributed by atoms with Crippen molar-refractivity contribution in [1.29, 1.82) is 0 Å². The number of hydrogen-bond donors (Lipinski definition) is 1. The van der Waals surface area contributed by atoms with Gasteiger partial charge < -0.3 is 15.0 Å². The number of amides is 1. The van der Waals surface area contributed by atoms with Crippen LogP contribution in [-0.4, -0.2) is 44.1 Å². The highest BCUT2D eigenvalue weighted by Gasteiger charge is 2.18. The Kier molecular flexibility index (Phi) is 4.79. The van der Waals surface area contributed by atoms with Crippen molar-refractivity contribution in [1.82, 2.24) is 10.2 Å². The van der Waals surface area contributed by atoms with Crippen LogP contribution in [0.5, 0.6) is 5.75 Å². The molecular weight excluding hydrogens is 252 g/mol. The maximum Gasteiger partial charge on any atom is 0.249 e. The first-order chi connectivity index (χ1) is 9.58. The zero-order valence-electron chi connectivity index (χ0n) is 12.4. The summed E-state index contributed by atoms with van der Waals surface area (Å²) in [7, 11) is 1.82. The topological polar surface area (TPSA) is 41.6 Å². The van der Waals surface area contributed by atoms with Crippen molar-refractivity contribution in [2.24, 2.45) is 0 Å². The van der Waals surface area contributed by atoms with Gasteiger partial charge in [-0.2, -0.15) is 0 Å². The van der Waals surface area contributed by atoms with Crippen LogP contribution >= 0.6 is 0 Å². The van der Waals surface area contributed by atoms with E-state index in [1.807, 2.05) is 45.2 Å². The Morgan fingerprint density at radius 1 is 1.30 bits per heavy atom. The lowest BCUT2D eigenvalue weighted by Gasteiger charge is -2.24. The molecule has 2 rings (SSSR count). The number of benzene rings is 1. The van der Waals surface area contributed by atoms with Gasteiger partial charge in [0, 0.05) is 25.7 Å². The van der Waals surface area contributed by atoms with Gasteiger partial charge in [0.1, 0.15) is 12.4 Å². The van der Waals surface area contributed by atoms with Gasteiger partial charge in [-0.1, -0.05) is 17.7 Å². The van der Waals surface area contributed by atoms with Crippen LogP contribution in [0.3, 0.4) is 0 Å². The third kappa shape index (κ3) is 3.61. The third-order valence-corrected chi connectivity index (χ3v) is 3.59. The lowest BCUT2D eigenvalue weighted by molar-refractivity contribution is -0.126. The van der Waals surface area contributed by atoms with Gasteiger partial charge in [-0.05, 0) is 31.6 Å². The minimum Gasteiger partial charge on any atom is -0.492 e. The summed E-state index contributed by atoms with van der Waals surface area (Å²) in [6.45, 7) is 6.71. The van der Waals surface area contributed by atoms with Gasteiger partial charge in [-0.25, -0.2) is 0 Å². The van der Waals surface area contributed by atoms with Crippen LogP contribution < -0.4 is 10.1 Å². The fourth-order valence-electron chi connectivity index (χ4n) is 1.99. The summed E-state index contributed by atoms with van der Waals surface area (Å²) in [5.74, 6) is 0.934. The largest absolute Gasteiger partial charge is 0.492 e. The van der Waals surface area contributed by atoms with Crippen molar-refractivity contribution >= 4 is 5.91 Å². The molecule has 0 aromatic heterocycles. The lowest BCUT2D eigenvalue weighted by atomic mass is 10.0. The Balaban J connectivity index is 1.78. The van der Waals surface area contributed by atoms with Crippen molar-refractivity contribution in [2.45, 2.75) is 13.8 Å². The average Bonchev–Trinajstić information content (AvgIpc) is 2.38. The number of nitrogens with zero attached hydrogens (tertiary/aromatic N) is 1. The monoisotopic (exact) mass is 274 g/mol. The van der Waals surface area contributed by atoms with Crippen molar-refractivity contribution in [2.75, 3.05) is 33.3 Å². The zero-order chi connectivity index (χ0) is 14.5. The molecule has 4 heteroatoms. The molecule has 108 valence electrons. The van der Waals surface area contributed by atoms with Gasteiger partial charge in [0.05, 0.1) is 6.54 Å². The van der Waals surface area contributed by atoms with Gasteiger partial charge in [0.25, 0.3) is 0 Å². The van der Waals surface area contributed by atoms with Crippen molar-refractivity contribution in [3.05, 3.63) is 41.0 Å². The van der Waals surface area contributed by atoms with Crippen molar-refractivity contribution in [3.8, 4) is 5.75 Å². The van der Waals surface area contributed by atoms with E-state index in [0.29, 0.717) is 13.2 Å². The second-order valence-corrected chi connectivity index (χ2v) is 5.22. The molecule has 0 saturated carbocycles. The molecule has 1 aromatic rings. The number of aryl methyl sites for hydroxylation is 1. The van der Waals surface area contributed by atoms with E-state index in [0.717, 1.165) is 24.4 Å². The fourth-order valence-corrected chi connectivity index (χ4v) is 1.99. The van der Waals surface area contributed by atoms with Crippen LogP contribution in [0, 0.1) is 6.92 Å². The molecule has 1 aromatic carbocycles. The van der Waals surface area contributed by atoms with E-state index < -0.39 is 0 Å². The van der Waals surface area contributed by atoms with Gasteiger partial charge >= 0.3 is 0 Å². The van der Waals surface area contributed by atoms with Gasteiger partial charge in [-0.3, -0.25) is 4.79 Å². The molecule has 0 unspecified atom stereocenters. The summed E-state index contributed by atoms with van der Waals surface area (Å²) >= 11 is 0. The van der Waals surface area contributed by atoms with E-state index in [1.54, 1.807) is 4.90 Å². The maximum absolute atomic E-state index is 12.1. The molecule has 4 nitrogen and oxygen atoms in total. The maximum atomic E-state index is 12.1. The molecule has 0 atom stereocenters. The molecule has 0 aliphatic carbocycles. The van der Waals surface area contributed by atoms with E-state index in [9.17, 15) is 4.79 Å². The average molecular weight is 274 g/mol. The Labute approximate surface area is 120 Å². The Morgan fingerprint density at radius 2 is 1.95 bits per heavy atom. The lowest BCUT2D eigenvalue weighted by Crippen LogP contribution is -2.39. The second-order valence-electron chi connectivity index (χ2n) is 5.22. The predicted octanol–water partition coefficient (Wildman–Crippen LogP) is 1.75. The Hall–Kier alpha value is -1.81. The van der Waals surface area contributed by atoms with Crippen molar-refractivity contribution < 1.29 is 9.53 Å². The third-order valence-electron chi connectivity index (χ3n) is 3.59. The first-order valence-corrected chi connectivity index (χ1v) is 6.92. The summed E-state index contributed by atoms with van der Waals surface area (Å²) in [5.41, 5.74) is 3.28. The Bertz CT molecular complexity index is 500. The van der Waals surface area contributed by atoms with Gasteiger partial charge in [0.2, 0.25) is 5.91 Å². The molecule has 20 heavy (non-hydrogen) atoms. The number of hydrogen-bond acceptors (Lipinski definition) is 3. The zero-order valence-corrected chi connectivity index (χ0v) is 12.4. The molecule has 1 heterocycles. The highest BCUT2D eigenvalue weighted by molar-refractivity contribution is 5.93. The van der Waals surface area contributed by atoms with Crippen LogP contribution in [0.1, 0.15) is 12.5 Å². The molecule has 1 aliphatic rings. The highest BCUT2D eigenvalue weighted by atomic mass is 16.5. The van der Waals surface area contributed by atoms with Crippen LogP contribution in [-0.2, 0) is 4.79 Å². The highest BCUT2D eigenvalue weighted by Crippen LogP contribution is 2.13. The normalized spacial score (nSPS) is 13.7. The quantitative estimate of drug-likeness (QED) is 0.832. The van der Waals surface area contributed by atoms with Crippen LogP contribution in [0.4, 0.5) is 0 Å². The minimum atomic E-state index is 0.0917. The van der Waals surface area contributed by atoms with E-state index in [1.165, 1.54) is 11.1 Å². The van der Waals surface area contributed by atoms with E-state index in [4.69, 9.17) is 4.74 Å². The van der Waals surface area contributed by atoms with Gasteiger partial charge in [0.15, 0.2) is 0 Å². The Morgan fingerprint density at radius 3 is 2.50 bits per heavy atom. The van der Waals surface area contributed by atoms with E-state index >= 15 is 0 Å². The van der Waals surface area contributed by atoms with Crippen LogP contribution in [0.2, 0.25) is 0 Å². The second kappa shape index (κ2) is 6.57. The molecule has 1 saturated heterocycles. The van der Waals surface area contributed by atoms with E-state index in [-0.39, 0.29) is 5.91 Å². The number of rotatable bonds is 5. The number of nitrogens with one attached hydrogen (secondary N) is 1. The van der Waals surface area contributed by atoms with Crippen LogP contribution in [0.25, 0.3) is 0 Å². The molecule has 0 bridgehead atoms. The standard InChI is InChI=1S/C16H22N2O2/c1-12-4-6-15(7-5-12)20-9-8-18(3)16(19)13(2)14-10-17-11-14/h4-7,17H,8-11H2,1-3H3. The molecule has 1 N–H and O–H groups in total. The van der Waals surface area contributed by atoms with E-state index in [2.05, 4.69) is 5.32 Å². The smallest absolute Gasteiger partial charge is 0.249 e. The summed E-state index contributed by atoms with van der Waals surface area (Å²) in [5, 5.41) is 3.15. The predicted molar refractivity (Wildman–Crippen MR) is 79.9 cm³/mol. The minimum absolute atomic E-state index is 0.0917. The molecule has 0 spiro atoms. The summed E-state index contributed by atoms with van der Waals surface area (Å²) in [6.07, 6.45) is 0. The SMILES string of the molecule is CC(C(=O)N(C)CCOc1ccc(C)cc1)=C1CNC1. The van der Waals surface area contributed by atoms with Crippen LogP contribution in [0.15, 0.2) is 35.4 Å². The number of likely N-dealkylation sites (N-methyl/N-ethyl adjacent to an activating group) is 1. The summed E-state index contributed by atoms with van der Waals surface area (Å²) in [4.78, 5) is 13.9.